The lowest BCUT2D eigenvalue weighted by molar-refractivity contribution is -0.126. The average Bonchev–Trinajstić information content (AvgIpc) is 3.07. The molecule has 2 aromatic rings. The second-order valence-corrected chi connectivity index (χ2v) is 6.36. The Kier molecular flexibility index (Phi) is 5.56. The average molecular weight is 352 g/mol. The molecule has 0 aromatic heterocycles. The molecule has 136 valence electrons. The van der Waals surface area contributed by atoms with Crippen LogP contribution in [-0.4, -0.2) is 31.5 Å². The molecule has 0 saturated carbocycles. The van der Waals surface area contributed by atoms with Crippen molar-refractivity contribution >= 4 is 17.5 Å². The molecule has 0 spiro atoms. The van der Waals surface area contributed by atoms with Crippen LogP contribution in [0.4, 0.5) is 5.69 Å². The topological polar surface area (TPSA) is 58.6 Å². The predicted molar refractivity (Wildman–Crippen MR) is 101 cm³/mol. The monoisotopic (exact) mass is 352 g/mol. The van der Waals surface area contributed by atoms with E-state index in [0.717, 1.165) is 22.6 Å². The van der Waals surface area contributed by atoms with Gasteiger partial charge in [0.1, 0.15) is 11.8 Å². The quantitative estimate of drug-likeness (QED) is 0.870. The van der Waals surface area contributed by atoms with Gasteiger partial charge < -0.3 is 10.1 Å². The predicted octanol–water partition coefficient (Wildman–Crippen LogP) is 2.72. The maximum atomic E-state index is 12.7. The third-order valence-corrected chi connectivity index (χ3v) is 4.70. The number of hydrogen-bond acceptors (Lipinski definition) is 3. The minimum Gasteiger partial charge on any atom is -0.497 e. The Hall–Kier alpha value is -2.82. The summed E-state index contributed by atoms with van der Waals surface area (Å²) >= 11 is 0. The summed E-state index contributed by atoms with van der Waals surface area (Å²) in [5.74, 6) is 0.675. The van der Waals surface area contributed by atoms with Crippen LogP contribution in [0.25, 0.3) is 0 Å². The summed E-state index contributed by atoms with van der Waals surface area (Å²) in [7, 11) is 1.64. The number of nitrogens with zero attached hydrogens (tertiary/aromatic N) is 1. The molecule has 1 heterocycles. The third kappa shape index (κ3) is 3.72. The number of carbonyl (C=O) groups is 2. The van der Waals surface area contributed by atoms with Gasteiger partial charge in [-0.2, -0.15) is 0 Å². The minimum absolute atomic E-state index is 0.0251. The molecule has 0 bridgehead atoms. The van der Waals surface area contributed by atoms with Crippen LogP contribution in [0.5, 0.6) is 5.75 Å². The molecule has 1 N–H and O–H groups in total. The van der Waals surface area contributed by atoms with Gasteiger partial charge in [-0.1, -0.05) is 37.3 Å². The van der Waals surface area contributed by atoms with E-state index in [9.17, 15) is 9.59 Å². The molecule has 5 heteroatoms. The second kappa shape index (κ2) is 8.04. The van der Waals surface area contributed by atoms with E-state index in [1.807, 2.05) is 55.5 Å². The van der Waals surface area contributed by atoms with E-state index in [1.54, 1.807) is 12.0 Å². The van der Waals surface area contributed by atoms with E-state index in [0.29, 0.717) is 25.8 Å². The summed E-state index contributed by atoms with van der Waals surface area (Å²) in [5, 5.41) is 2.98. The van der Waals surface area contributed by atoms with E-state index < -0.39 is 6.04 Å². The third-order valence-electron chi connectivity index (χ3n) is 4.70. The lowest BCUT2D eigenvalue weighted by Gasteiger charge is -2.24. The summed E-state index contributed by atoms with van der Waals surface area (Å²) < 4.78 is 5.22. The zero-order chi connectivity index (χ0) is 18.5. The highest BCUT2D eigenvalue weighted by atomic mass is 16.5. The number of fused-ring (bicyclic) bond motifs is 1. The number of hydrogen-bond donors (Lipinski definition) is 1. The van der Waals surface area contributed by atoms with Crippen molar-refractivity contribution in [2.45, 2.75) is 32.2 Å². The van der Waals surface area contributed by atoms with E-state index in [1.165, 1.54) is 0 Å². The molecular formula is C21H24N2O3. The molecule has 1 aliphatic heterocycles. The van der Waals surface area contributed by atoms with Crippen LogP contribution in [0, 0.1) is 0 Å². The molecule has 0 saturated heterocycles. The summed E-state index contributed by atoms with van der Waals surface area (Å²) in [6, 6.07) is 15.1. The van der Waals surface area contributed by atoms with Crippen LogP contribution >= 0.6 is 0 Å². The van der Waals surface area contributed by atoms with Gasteiger partial charge in [-0.15, -0.1) is 0 Å². The van der Waals surface area contributed by atoms with Crippen molar-refractivity contribution in [2.75, 3.05) is 18.6 Å². The number of rotatable bonds is 6. The summed E-state index contributed by atoms with van der Waals surface area (Å²) in [6.45, 7) is 2.34. The highest BCUT2D eigenvalue weighted by Crippen LogP contribution is 2.32. The molecule has 0 radical (unpaired) electrons. The molecule has 5 nitrogen and oxygen atoms in total. The maximum absolute atomic E-state index is 12.7. The number of amides is 2. The molecule has 26 heavy (non-hydrogen) atoms. The Morgan fingerprint density at radius 1 is 1.19 bits per heavy atom. The number of benzene rings is 2. The van der Waals surface area contributed by atoms with Gasteiger partial charge in [0, 0.05) is 25.1 Å². The summed E-state index contributed by atoms with van der Waals surface area (Å²) in [5.41, 5.74) is 3.00. The fraction of sp³-hybridized carbons (Fsp3) is 0.333. The fourth-order valence-corrected chi connectivity index (χ4v) is 3.35. The Bertz CT molecular complexity index is 803. The lowest BCUT2D eigenvalue weighted by atomic mass is 10.1. The van der Waals surface area contributed by atoms with E-state index in [-0.39, 0.29) is 11.8 Å². The molecule has 1 aliphatic rings. The van der Waals surface area contributed by atoms with Gasteiger partial charge in [-0.25, -0.2) is 0 Å². The molecular weight excluding hydrogens is 328 g/mol. The largest absolute Gasteiger partial charge is 0.497 e. The minimum atomic E-state index is -0.467. The van der Waals surface area contributed by atoms with Crippen LogP contribution in [-0.2, 0) is 22.4 Å². The number of nitrogens with one attached hydrogen (secondary N) is 1. The van der Waals surface area contributed by atoms with Crippen molar-refractivity contribution in [1.29, 1.82) is 0 Å². The Morgan fingerprint density at radius 2 is 2.00 bits per heavy atom. The molecule has 2 amide bonds. The molecule has 0 fully saturated rings. The van der Waals surface area contributed by atoms with Crippen molar-refractivity contribution in [1.82, 2.24) is 5.32 Å². The second-order valence-electron chi connectivity index (χ2n) is 6.36. The Labute approximate surface area is 154 Å². The van der Waals surface area contributed by atoms with Crippen molar-refractivity contribution in [3.05, 3.63) is 59.7 Å². The molecule has 0 unspecified atom stereocenters. The van der Waals surface area contributed by atoms with Crippen molar-refractivity contribution in [3.63, 3.8) is 0 Å². The number of methoxy groups -OCH3 is 1. The van der Waals surface area contributed by atoms with Gasteiger partial charge in [0.05, 0.1) is 7.11 Å². The Balaban J connectivity index is 1.64. The van der Waals surface area contributed by atoms with Crippen molar-refractivity contribution < 1.29 is 14.3 Å². The van der Waals surface area contributed by atoms with Gasteiger partial charge in [0.15, 0.2) is 0 Å². The van der Waals surface area contributed by atoms with Crippen LogP contribution in [0.15, 0.2) is 48.5 Å². The van der Waals surface area contributed by atoms with E-state index in [4.69, 9.17) is 4.74 Å². The zero-order valence-corrected chi connectivity index (χ0v) is 15.2. The van der Waals surface area contributed by atoms with Crippen LogP contribution in [0.2, 0.25) is 0 Å². The number of carbonyl (C=O) groups excluding carboxylic acids is 2. The first-order valence-corrected chi connectivity index (χ1v) is 8.94. The van der Waals surface area contributed by atoms with Gasteiger partial charge >= 0.3 is 0 Å². The number of para-hydroxylation sites is 1. The van der Waals surface area contributed by atoms with Crippen LogP contribution < -0.4 is 15.0 Å². The molecule has 1 atom stereocenters. The standard InChI is InChI=1S/C21H24N2O3/c1-3-20(24)23-18-10-5-4-8-16(18)14-19(23)21(25)22-12-11-15-7-6-9-17(13-15)26-2/h4-10,13,19H,3,11-12,14H2,1-2H3,(H,22,25)/t19-/m1/s1. The maximum Gasteiger partial charge on any atom is 0.243 e. The van der Waals surface area contributed by atoms with Crippen LogP contribution in [0.1, 0.15) is 24.5 Å². The number of ether oxygens (including phenoxy) is 1. The normalized spacial score (nSPS) is 15.5. The lowest BCUT2D eigenvalue weighted by Crippen LogP contribution is -2.48. The van der Waals surface area contributed by atoms with Crippen LogP contribution in [0.3, 0.4) is 0 Å². The molecule has 2 aromatic carbocycles. The van der Waals surface area contributed by atoms with Gasteiger partial charge in [0.25, 0.3) is 0 Å². The summed E-state index contributed by atoms with van der Waals surface area (Å²) in [6.07, 6.45) is 1.65. The fourth-order valence-electron chi connectivity index (χ4n) is 3.35. The first-order valence-electron chi connectivity index (χ1n) is 8.94. The smallest absolute Gasteiger partial charge is 0.243 e. The Morgan fingerprint density at radius 3 is 2.77 bits per heavy atom. The van der Waals surface area contributed by atoms with Gasteiger partial charge in [0.2, 0.25) is 11.8 Å². The van der Waals surface area contributed by atoms with Gasteiger partial charge in [-0.05, 0) is 35.7 Å². The molecule has 0 aliphatic carbocycles. The van der Waals surface area contributed by atoms with Gasteiger partial charge in [-0.3, -0.25) is 14.5 Å². The first-order chi connectivity index (χ1) is 12.6. The van der Waals surface area contributed by atoms with Crippen molar-refractivity contribution in [3.8, 4) is 5.75 Å². The molecule has 3 rings (SSSR count). The first kappa shape index (κ1) is 18.0. The summed E-state index contributed by atoms with van der Waals surface area (Å²) in [4.78, 5) is 26.8. The van der Waals surface area contributed by atoms with Crippen molar-refractivity contribution in [2.24, 2.45) is 0 Å². The van der Waals surface area contributed by atoms with E-state index >= 15 is 0 Å². The van der Waals surface area contributed by atoms with E-state index in [2.05, 4.69) is 5.32 Å². The highest BCUT2D eigenvalue weighted by Gasteiger charge is 2.37. The highest BCUT2D eigenvalue weighted by molar-refractivity contribution is 6.03. The SMILES string of the molecule is CCC(=O)N1c2ccccc2C[C@@H]1C(=O)NCCc1cccc(OC)c1. The zero-order valence-electron chi connectivity index (χ0n) is 15.2. The number of anilines is 1.